The van der Waals surface area contributed by atoms with Crippen LogP contribution < -0.4 is 43.0 Å². The Balaban J connectivity index is 2.25. The van der Waals surface area contributed by atoms with Crippen LogP contribution in [0.1, 0.15) is 99.5 Å². The van der Waals surface area contributed by atoms with Crippen molar-refractivity contribution < 1.29 is 73.1 Å². The number of carbonyl (C=O) groups excluding carboxylic acids is 9. The van der Waals surface area contributed by atoms with Crippen LogP contribution in [0.15, 0.2) is 30.3 Å². The monoisotopic (exact) mass is 992 g/mol. The van der Waals surface area contributed by atoms with Gasteiger partial charge in [0, 0.05) is 13.0 Å². The van der Waals surface area contributed by atoms with Gasteiger partial charge in [-0.2, -0.15) is 0 Å². The van der Waals surface area contributed by atoms with E-state index in [4.69, 9.17) is 10.5 Å². The van der Waals surface area contributed by atoms with Gasteiger partial charge in [-0.05, 0) is 69.3 Å². The maximum atomic E-state index is 14.1. The smallest absolute Gasteiger partial charge is 0.408 e. The Kier molecular flexibility index (Phi) is 24.7. The number of amides is 9. The molecule has 0 bridgehead atoms. The molecular weight excluding hydrogens is 919 g/mol. The molecule has 0 aromatic heterocycles. The molecule has 1 heterocycles. The number of nitrogens with two attached hydrogens (primary N) is 1. The number of carboxylic acid groups (broad SMARTS) is 1. The van der Waals surface area contributed by atoms with Crippen molar-refractivity contribution in [2.75, 3.05) is 13.2 Å². The van der Waals surface area contributed by atoms with E-state index in [1.165, 1.54) is 13.8 Å². The molecule has 1 saturated heterocycles. The van der Waals surface area contributed by atoms with E-state index >= 15 is 0 Å². The average molecular weight is 992 g/mol. The molecule has 10 unspecified atom stereocenters. The van der Waals surface area contributed by atoms with Crippen LogP contribution in [0.3, 0.4) is 0 Å². The first-order valence-corrected chi connectivity index (χ1v) is 23.4. The Hall–Kier alpha value is -6.40. The number of rotatable bonds is 28. The second-order valence-electron chi connectivity index (χ2n) is 18.6. The second-order valence-corrected chi connectivity index (χ2v) is 18.6. The van der Waals surface area contributed by atoms with Gasteiger partial charge in [0.05, 0.1) is 18.8 Å². The van der Waals surface area contributed by atoms with Crippen LogP contribution in [0.5, 0.6) is 0 Å². The first-order chi connectivity index (χ1) is 32.8. The van der Waals surface area contributed by atoms with Gasteiger partial charge < -0.3 is 73.0 Å². The van der Waals surface area contributed by atoms with Crippen molar-refractivity contribution in [2.45, 2.75) is 161 Å². The fourth-order valence-electron chi connectivity index (χ4n) is 7.42. The number of aliphatic carboxylic acids is 1. The SMILES string of the molecule is CC(C)CC(NC(=O)C(NC(=O)C(NC(=O)C(CC(C)C)NC(=O)C1CCCN1C(=O)C(NC(=O)C(CCC(N)=O)NC(=O)C(CO)NC(=O)OCc1ccccc1)C(C)O)C(C)C)C(C)O)C(=O)O. The number of nitrogens with one attached hydrogen (secondary N) is 7. The number of primary amides is 1. The fourth-order valence-corrected chi connectivity index (χ4v) is 7.42. The van der Waals surface area contributed by atoms with Crippen LogP contribution in [0, 0.1) is 17.8 Å². The molecule has 0 saturated carbocycles. The largest absolute Gasteiger partial charge is 0.480 e. The summed E-state index contributed by atoms with van der Waals surface area (Å²) in [5, 5.41) is 57.7. The van der Waals surface area contributed by atoms with Crippen molar-refractivity contribution in [1.82, 2.24) is 42.1 Å². The van der Waals surface area contributed by atoms with Crippen LogP contribution >= 0.6 is 0 Å². The standard InChI is InChI=1S/C46H73N9O15/c1-23(2)19-30(39(61)52-35(25(5)6)42(64)53-36(26(7)57)43(65)50-31(45(67)68)20-24(3)4)49-41(63)33-15-12-18-55(33)44(66)37(27(8)58)54-38(60)29(16-17-34(47)59)48-40(62)32(21-56)51-46(69)70-22-28-13-10-9-11-14-28/h9-11,13-14,23-27,29-33,35-37,56-58H,12,15-22H2,1-8H3,(H2,47,59)(H,48,62)(H,49,63)(H,50,65)(H,51,69)(H,52,61)(H,53,64)(H,54,60)(H,67,68). The van der Waals surface area contributed by atoms with Gasteiger partial charge in [0.15, 0.2) is 0 Å². The number of hydrogen-bond acceptors (Lipinski definition) is 14. The van der Waals surface area contributed by atoms with Crippen molar-refractivity contribution in [3.8, 4) is 0 Å². The molecule has 10 atom stereocenters. The summed E-state index contributed by atoms with van der Waals surface area (Å²) in [7, 11) is 0. The lowest BCUT2D eigenvalue weighted by Gasteiger charge is -2.32. The summed E-state index contributed by atoms with van der Waals surface area (Å²) < 4.78 is 5.10. The van der Waals surface area contributed by atoms with E-state index in [1.807, 2.05) is 0 Å². The first-order valence-electron chi connectivity index (χ1n) is 23.4. The summed E-state index contributed by atoms with van der Waals surface area (Å²) in [5.74, 6) is -9.53. The van der Waals surface area contributed by atoms with E-state index in [9.17, 15) is 68.4 Å². The maximum absolute atomic E-state index is 14.1. The van der Waals surface area contributed by atoms with Crippen LogP contribution in [0.4, 0.5) is 4.79 Å². The van der Waals surface area contributed by atoms with Crippen LogP contribution in [-0.2, 0) is 54.5 Å². The molecule has 24 heteroatoms. The number of aliphatic hydroxyl groups excluding tert-OH is 3. The molecule has 24 nitrogen and oxygen atoms in total. The zero-order valence-corrected chi connectivity index (χ0v) is 41.1. The van der Waals surface area contributed by atoms with Gasteiger partial charge in [0.2, 0.25) is 47.3 Å². The molecule has 2 rings (SSSR count). The molecule has 70 heavy (non-hydrogen) atoms. The topological polar surface area (TPSA) is 374 Å². The van der Waals surface area contributed by atoms with Gasteiger partial charge in [-0.3, -0.25) is 38.4 Å². The summed E-state index contributed by atoms with van der Waals surface area (Å²) >= 11 is 0. The zero-order chi connectivity index (χ0) is 53.0. The van der Waals surface area contributed by atoms with E-state index in [0.29, 0.717) is 12.0 Å². The number of carbonyl (C=O) groups is 10. The molecule has 1 aliphatic rings. The lowest BCUT2D eigenvalue weighted by Crippen LogP contribution is -2.62. The Morgan fingerprint density at radius 1 is 0.657 bits per heavy atom. The molecule has 0 radical (unpaired) electrons. The Bertz CT molecular complexity index is 1970. The first kappa shape index (κ1) is 59.7. The van der Waals surface area contributed by atoms with Crippen molar-refractivity contribution in [2.24, 2.45) is 23.5 Å². The highest BCUT2D eigenvalue weighted by molar-refractivity contribution is 5.98. The molecule has 1 fully saturated rings. The molecule has 392 valence electrons. The van der Waals surface area contributed by atoms with Crippen molar-refractivity contribution in [3.05, 3.63) is 35.9 Å². The normalized spacial score (nSPS) is 17.3. The summed E-state index contributed by atoms with van der Waals surface area (Å²) in [6.07, 6.45) is -4.44. The summed E-state index contributed by atoms with van der Waals surface area (Å²) in [4.78, 5) is 133. The third kappa shape index (κ3) is 19.5. The molecule has 13 N–H and O–H groups in total. The quantitative estimate of drug-likeness (QED) is 0.0434. The number of carboxylic acids is 1. The summed E-state index contributed by atoms with van der Waals surface area (Å²) in [6.45, 7) is 11.6. The van der Waals surface area contributed by atoms with Crippen LogP contribution in [0.25, 0.3) is 0 Å². The van der Waals surface area contributed by atoms with Gasteiger partial charge in [-0.15, -0.1) is 0 Å². The van der Waals surface area contributed by atoms with Gasteiger partial charge in [-0.25, -0.2) is 9.59 Å². The minimum absolute atomic E-state index is 0.0125. The molecule has 0 spiro atoms. The molecular formula is C46H73N9O15. The number of ether oxygens (including phenoxy) is 1. The van der Waals surface area contributed by atoms with Crippen molar-refractivity contribution >= 4 is 59.3 Å². The Labute approximate surface area is 407 Å². The maximum Gasteiger partial charge on any atom is 0.408 e. The highest BCUT2D eigenvalue weighted by Gasteiger charge is 2.42. The Morgan fingerprint density at radius 2 is 1.17 bits per heavy atom. The highest BCUT2D eigenvalue weighted by Crippen LogP contribution is 2.21. The fraction of sp³-hybridized carbons (Fsp3) is 0.652. The van der Waals surface area contributed by atoms with Gasteiger partial charge in [0.25, 0.3) is 0 Å². The average Bonchev–Trinajstić information content (AvgIpc) is 3.78. The van der Waals surface area contributed by atoms with Gasteiger partial charge >= 0.3 is 12.1 Å². The number of nitrogens with zero attached hydrogens (tertiary/aromatic N) is 1. The second kappa shape index (κ2) is 28.9. The number of hydrogen-bond donors (Lipinski definition) is 12. The number of aliphatic hydroxyl groups is 3. The Morgan fingerprint density at radius 3 is 1.70 bits per heavy atom. The van der Waals surface area contributed by atoms with Crippen LogP contribution in [0.2, 0.25) is 0 Å². The molecule has 1 aromatic rings. The van der Waals surface area contributed by atoms with Crippen molar-refractivity contribution in [3.63, 3.8) is 0 Å². The van der Waals surface area contributed by atoms with Crippen molar-refractivity contribution in [1.29, 1.82) is 0 Å². The van der Waals surface area contributed by atoms with Gasteiger partial charge in [0.1, 0.15) is 54.9 Å². The van der Waals surface area contributed by atoms with E-state index in [0.717, 1.165) is 4.90 Å². The molecule has 1 aromatic carbocycles. The van der Waals surface area contributed by atoms with Crippen LogP contribution in [-0.4, -0.2) is 158 Å². The minimum atomic E-state index is -1.72. The third-order valence-corrected chi connectivity index (χ3v) is 11.2. The van der Waals surface area contributed by atoms with Gasteiger partial charge in [-0.1, -0.05) is 71.9 Å². The highest BCUT2D eigenvalue weighted by atomic mass is 16.5. The predicted octanol–water partition coefficient (Wildman–Crippen LogP) is -1.97. The predicted molar refractivity (Wildman–Crippen MR) is 250 cm³/mol. The summed E-state index contributed by atoms with van der Waals surface area (Å²) in [5.41, 5.74) is 5.95. The van der Waals surface area contributed by atoms with E-state index in [-0.39, 0.29) is 44.2 Å². The van der Waals surface area contributed by atoms with E-state index in [2.05, 4.69) is 37.2 Å². The number of likely N-dealkylation sites (tertiary alicyclic amines) is 1. The minimum Gasteiger partial charge on any atom is -0.480 e. The molecule has 9 amide bonds. The zero-order valence-electron chi connectivity index (χ0n) is 41.1. The lowest BCUT2D eigenvalue weighted by molar-refractivity contribution is -0.145. The van der Waals surface area contributed by atoms with E-state index in [1.54, 1.807) is 71.9 Å². The molecule has 0 aliphatic carbocycles. The third-order valence-electron chi connectivity index (χ3n) is 11.2. The lowest BCUT2D eigenvalue weighted by atomic mass is 9.98. The van der Waals surface area contributed by atoms with E-state index < -0.39 is 145 Å². The molecule has 1 aliphatic heterocycles. The number of alkyl carbamates (subject to hydrolysis) is 1. The number of benzene rings is 1. The summed E-state index contributed by atoms with van der Waals surface area (Å²) in [6, 6.07) is -3.06.